The van der Waals surface area contributed by atoms with Crippen molar-refractivity contribution in [3.63, 3.8) is 0 Å². The molecular weight excluding hydrogens is 381 g/mol. The highest BCUT2D eigenvalue weighted by Gasteiger charge is 2.20. The van der Waals surface area contributed by atoms with Gasteiger partial charge in [0, 0.05) is 38.1 Å². The summed E-state index contributed by atoms with van der Waals surface area (Å²) in [5.74, 6) is -0.451. The number of amides is 1. The number of benzene rings is 1. The van der Waals surface area contributed by atoms with Crippen LogP contribution in [0.2, 0.25) is 0 Å². The van der Waals surface area contributed by atoms with Crippen molar-refractivity contribution in [2.75, 3.05) is 52.1 Å². The van der Waals surface area contributed by atoms with Crippen LogP contribution in [0.5, 0.6) is 0 Å². The number of likely N-dealkylation sites (N-methyl/N-ethyl adjacent to an activating group) is 2. The zero-order valence-corrected chi connectivity index (χ0v) is 18.2. The van der Waals surface area contributed by atoms with Gasteiger partial charge < -0.3 is 15.1 Å². The topological polar surface area (TPSA) is 51.7 Å². The molecule has 0 unspecified atom stereocenters. The molecule has 1 aliphatic heterocycles. The van der Waals surface area contributed by atoms with Crippen molar-refractivity contribution in [2.24, 2.45) is 0 Å². The number of nitrogens with one attached hydrogen (secondary N) is 1. The number of carbonyl (C=O) groups excluding carboxylic acids is 1. The van der Waals surface area contributed by atoms with Crippen molar-refractivity contribution in [1.82, 2.24) is 19.7 Å². The molecule has 0 aliphatic carbocycles. The first-order valence-electron chi connectivity index (χ1n) is 10.6. The standard InChI is InChI=1S/C23H32FN5O/c1-4-28-12-10-18-7-5-9-21(19(18)16-28)26-15-23(30)29(14-13-27(2)3)17-22-20(24)8-6-11-25-22/h5-9,11,26H,4,10,12-17H2,1-3H3. The van der Waals surface area contributed by atoms with Crippen LogP contribution < -0.4 is 5.32 Å². The number of pyridine rings is 1. The molecule has 1 aromatic heterocycles. The lowest BCUT2D eigenvalue weighted by atomic mass is 9.98. The normalized spacial score (nSPS) is 13.9. The average molecular weight is 414 g/mol. The van der Waals surface area contributed by atoms with E-state index < -0.39 is 0 Å². The van der Waals surface area contributed by atoms with Gasteiger partial charge in [-0.05, 0) is 56.4 Å². The van der Waals surface area contributed by atoms with E-state index in [9.17, 15) is 9.18 Å². The Morgan fingerprint density at radius 2 is 2.07 bits per heavy atom. The number of anilines is 1. The number of hydrogen-bond acceptors (Lipinski definition) is 5. The van der Waals surface area contributed by atoms with Gasteiger partial charge in [-0.15, -0.1) is 0 Å². The number of halogens is 1. The molecule has 0 spiro atoms. The van der Waals surface area contributed by atoms with Crippen LogP contribution in [0, 0.1) is 5.82 Å². The third kappa shape index (κ3) is 5.77. The number of fused-ring (bicyclic) bond motifs is 1. The lowest BCUT2D eigenvalue weighted by Gasteiger charge is -2.30. The smallest absolute Gasteiger partial charge is 0.242 e. The maximum atomic E-state index is 14.1. The van der Waals surface area contributed by atoms with Crippen molar-refractivity contribution in [1.29, 1.82) is 0 Å². The van der Waals surface area contributed by atoms with E-state index in [2.05, 4.69) is 28.2 Å². The summed E-state index contributed by atoms with van der Waals surface area (Å²) in [5, 5.41) is 3.34. The molecule has 0 atom stereocenters. The summed E-state index contributed by atoms with van der Waals surface area (Å²) in [5.41, 5.74) is 3.92. The van der Waals surface area contributed by atoms with Crippen LogP contribution in [0.25, 0.3) is 0 Å². The average Bonchev–Trinajstić information content (AvgIpc) is 2.75. The van der Waals surface area contributed by atoms with Crippen molar-refractivity contribution in [2.45, 2.75) is 26.4 Å². The predicted octanol–water partition coefficient (Wildman–Crippen LogP) is 2.60. The van der Waals surface area contributed by atoms with Crippen LogP contribution in [0.15, 0.2) is 36.5 Å². The van der Waals surface area contributed by atoms with E-state index in [-0.39, 0.29) is 24.8 Å². The summed E-state index contributed by atoms with van der Waals surface area (Å²) in [6.07, 6.45) is 2.58. The largest absolute Gasteiger partial charge is 0.376 e. The van der Waals surface area contributed by atoms with Gasteiger partial charge in [0.25, 0.3) is 0 Å². The molecule has 0 fully saturated rings. The van der Waals surface area contributed by atoms with Crippen LogP contribution in [0.3, 0.4) is 0 Å². The van der Waals surface area contributed by atoms with E-state index in [0.29, 0.717) is 18.8 Å². The van der Waals surface area contributed by atoms with Crippen molar-refractivity contribution >= 4 is 11.6 Å². The molecule has 3 rings (SSSR count). The van der Waals surface area contributed by atoms with Crippen molar-refractivity contribution in [3.8, 4) is 0 Å². The Labute approximate surface area is 178 Å². The lowest BCUT2D eigenvalue weighted by molar-refractivity contribution is -0.130. The van der Waals surface area contributed by atoms with E-state index in [1.165, 1.54) is 17.2 Å². The number of hydrogen-bond donors (Lipinski definition) is 1. The van der Waals surface area contributed by atoms with Gasteiger partial charge in [-0.3, -0.25) is 14.7 Å². The SMILES string of the molecule is CCN1CCc2cccc(NCC(=O)N(CCN(C)C)Cc3ncccc3F)c2C1. The molecule has 0 saturated heterocycles. The molecular formula is C23H32FN5O. The Morgan fingerprint density at radius 1 is 1.23 bits per heavy atom. The summed E-state index contributed by atoms with van der Waals surface area (Å²) >= 11 is 0. The van der Waals surface area contributed by atoms with Gasteiger partial charge in [0.2, 0.25) is 5.91 Å². The summed E-state index contributed by atoms with van der Waals surface area (Å²) in [4.78, 5) is 23.2. The van der Waals surface area contributed by atoms with E-state index in [4.69, 9.17) is 0 Å². The molecule has 30 heavy (non-hydrogen) atoms. The third-order valence-corrected chi connectivity index (χ3v) is 5.57. The van der Waals surface area contributed by atoms with E-state index in [0.717, 1.165) is 31.7 Å². The molecule has 2 heterocycles. The number of rotatable bonds is 9. The third-order valence-electron chi connectivity index (χ3n) is 5.57. The molecule has 1 N–H and O–H groups in total. The van der Waals surface area contributed by atoms with Gasteiger partial charge >= 0.3 is 0 Å². The Hall–Kier alpha value is -2.51. The maximum absolute atomic E-state index is 14.1. The van der Waals surface area contributed by atoms with E-state index >= 15 is 0 Å². The quantitative estimate of drug-likeness (QED) is 0.685. The zero-order valence-electron chi connectivity index (χ0n) is 18.2. The van der Waals surface area contributed by atoms with E-state index in [1.807, 2.05) is 31.1 Å². The van der Waals surface area contributed by atoms with Gasteiger partial charge in [0.1, 0.15) is 5.82 Å². The number of nitrogens with zero attached hydrogens (tertiary/aromatic N) is 4. The first-order chi connectivity index (χ1) is 14.5. The summed E-state index contributed by atoms with van der Waals surface area (Å²) in [6.45, 7) is 6.70. The molecule has 0 bridgehead atoms. The molecule has 6 nitrogen and oxygen atoms in total. The zero-order chi connectivity index (χ0) is 21.5. The minimum atomic E-state index is -0.384. The molecule has 1 amide bonds. The first kappa shape index (κ1) is 22.2. The highest BCUT2D eigenvalue weighted by molar-refractivity contribution is 5.81. The molecule has 0 saturated carbocycles. The van der Waals surface area contributed by atoms with Crippen LogP contribution >= 0.6 is 0 Å². The van der Waals surface area contributed by atoms with Crippen LogP contribution in [0.1, 0.15) is 23.7 Å². The number of carbonyl (C=O) groups is 1. The fraction of sp³-hybridized carbons (Fsp3) is 0.478. The Bertz CT molecular complexity index is 857. The van der Waals surface area contributed by atoms with E-state index in [1.54, 1.807) is 17.2 Å². The highest BCUT2D eigenvalue weighted by atomic mass is 19.1. The molecule has 0 radical (unpaired) electrons. The fourth-order valence-electron chi connectivity index (χ4n) is 3.68. The highest BCUT2D eigenvalue weighted by Crippen LogP contribution is 2.26. The first-order valence-corrected chi connectivity index (χ1v) is 10.6. The van der Waals surface area contributed by atoms with Gasteiger partial charge in [0.05, 0.1) is 18.8 Å². The molecule has 162 valence electrons. The summed E-state index contributed by atoms with van der Waals surface area (Å²) in [7, 11) is 3.91. The second-order valence-electron chi connectivity index (χ2n) is 7.97. The van der Waals surface area contributed by atoms with Crippen LogP contribution in [-0.4, -0.2) is 72.4 Å². The molecule has 1 aliphatic rings. The summed E-state index contributed by atoms with van der Waals surface area (Å²) in [6, 6.07) is 9.19. The van der Waals surface area contributed by atoms with Gasteiger partial charge in [-0.25, -0.2) is 4.39 Å². The molecule has 7 heteroatoms. The van der Waals surface area contributed by atoms with Crippen molar-refractivity contribution in [3.05, 3.63) is 59.2 Å². The summed E-state index contributed by atoms with van der Waals surface area (Å²) < 4.78 is 14.1. The van der Waals surface area contributed by atoms with Gasteiger partial charge in [0.15, 0.2) is 0 Å². The minimum absolute atomic E-state index is 0.0670. The lowest BCUT2D eigenvalue weighted by Crippen LogP contribution is -2.40. The Balaban J connectivity index is 1.69. The fourth-order valence-corrected chi connectivity index (χ4v) is 3.68. The maximum Gasteiger partial charge on any atom is 0.242 e. The van der Waals surface area contributed by atoms with Crippen LogP contribution in [0.4, 0.5) is 10.1 Å². The molecule has 1 aromatic carbocycles. The minimum Gasteiger partial charge on any atom is -0.376 e. The predicted molar refractivity (Wildman–Crippen MR) is 118 cm³/mol. The van der Waals surface area contributed by atoms with Gasteiger partial charge in [-0.1, -0.05) is 19.1 Å². The number of aromatic nitrogens is 1. The Morgan fingerprint density at radius 3 is 2.80 bits per heavy atom. The molecule has 2 aromatic rings. The monoisotopic (exact) mass is 413 g/mol. The second-order valence-corrected chi connectivity index (χ2v) is 7.97. The second kappa shape index (κ2) is 10.5. The van der Waals surface area contributed by atoms with Crippen LogP contribution in [-0.2, 0) is 24.3 Å². The van der Waals surface area contributed by atoms with Gasteiger partial charge in [-0.2, -0.15) is 0 Å². The Kier molecular flexibility index (Phi) is 7.76. The van der Waals surface area contributed by atoms with Crippen molar-refractivity contribution < 1.29 is 9.18 Å².